The Morgan fingerprint density at radius 3 is 2.71 bits per heavy atom. The van der Waals surface area contributed by atoms with Crippen LogP contribution in [0.4, 0.5) is 5.69 Å². The summed E-state index contributed by atoms with van der Waals surface area (Å²) in [5.41, 5.74) is 0.973. The zero-order chi connectivity index (χ0) is 22.3. The van der Waals surface area contributed by atoms with Gasteiger partial charge in [-0.3, -0.25) is 0 Å². The van der Waals surface area contributed by atoms with Crippen molar-refractivity contribution in [2.75, 3.05) is 38.0 Å². The molecule has 1 heterocycles. The minimum absolute atomic E-state index is 0.148. The molecule has 31 heavy (non-hydrogen) atoms. The first kappa shape index (κ1) is 23.9. The number of methoxy groups -OCH3 is 1. The van der Waals surface area contributed by atoms with Crippen molar-refractivity contribution in [1.82, 2.24) is 19.1 Å². The lowest BCUT2D eigenvalue weighted by molar-refractivity contribution is 0.330. The van der Waals surface area contributed by atoms with E-state index in [4.69, 9.17) is 4.74 Å². The van der Waals surface area contributed by atoms with Crippen LogP contribution in [-0.4, -0.2) is 60.2 Å². The number of sulfonamides is 1. The van der Waals surface area contributed by atoms with Gasteiger partial charge in [0.2, 0.25) is 10.0 Å². The molecular weight excluding hydrogens is 434 g/mol. The van der Waals surface area contributed by atoms with Gasteiger partial charge in [0.15, 0.2) is 11.0 Å². The molecule has 1 aliphatic carbocycles. The predicted octanol–water partition coefficient (Wildman–Crippen LogP) is 3.78. The Morgan fingerprint density at radius 2 is 2.00 bits per heavy atom. The number of ether oxygens (including phenoxy) is 1. The average molecular weight is 468 g/mol. The Labute approximate surface area is 189 Å². The van der Waals surface area contributed by atoms with Crippen molar-refractivity contribution in [3.63, 3.8) is 0 Å². The fourth-order valence-corrected chi connectivity index (χ4v) is 5.75. The number of thioether (sulfide) groups is 1. The minimum atomic E-state index is -3.17. The second kappa shape index (κ2) is 11.2. The van der Waals surface area contributed by atoms with Crippen molar-refractivity contribution < 1.29 is 13.2 Å². The van der Waals surface area contributed by atoms with E-state index in [0.717, 1.165) is 35.3 Å². The lowest BCUT2D eigenvalue weighted by Gasteiger charge is -2.25. The minimum Gasteiger partial charge on any atom is -0.497 e. The predicted molar refractivity (Wildman–Crippen MR) is 125 cm³/mol. The van der Waals surface area contributed by atoms with E-state index in [-0.39, 0.29) is 5.75 Å². The third-order valence-electron chi connectivity index (χ3n) is 5.53. The molecule has 0 bridgehead atoms. The van der Waals surface area contributed by atoms with Gasteiger partial charge in [-0.25, -0.2) is 12.7 Å². The van der Waals surface area contributed by atoms with Gasteiger partial charge in [0, 0.05) is 37.6 Å². The molecule has 2 aromatic rings. The number of hydrogen-bond donors (Lipinski definition) is 1. The molecule has 8 nitrogen and oxygen atoms in total. The molecule has 1 aromatic heterocycles. The Bertz CT molecular complexity index is 940. The third-order valence-corrected chi connectivity index (χ3v) is 8.48. The van der Waals surface area contributed by atoms with Gasteiger partial charge in [0.05, 0.1) is 19.4 Å². The highest BCUT2D eigenvalue weighted by Gasteiger charge is 2.23. The third kappa shape index (κ3) is 6.60. The zero-order valence-electron chi connectivity index (χ0n) is 18.6. The Balaban J connectivity index is 1.68. The summed E-state index contributed by atoms with van der Waals surface area (Å²) in [5, 5.41) is 13.3. The van der Waals surface area contributed by atoms with Crippen molar-refractivity contribution in [3.05, 3.63) is 30.1 Å². The van der Waals surface area contributed by atoms with Gasteiger partial charge in [0.25, 0.3) is 0 Å². The monoisotopic (exact) mass is 467 g/mol. The van der Waals surface area contributed by atoms with Crippen LogP contribution in [0, 0.1) is 0 Å². The summed E-state index contributed by atoms with van der Waals surface area (Å²) in [6.45, 7) is 0.576. The maximum Gasteiger partial charge on any atom is 0.213 e. The van der Waals surface area contributed by atoms with Gasteiger partial charge in [-0.2, -0.15) is 0 Å². The van der Waals surface area contributed by atoms with E-state index in [1.807, 2.05) is 24.3 Å². The van der Waals surface area contributed by atoms with Crippen LogP contribution in [0.25, 0.3) is 0 Å². The molecule has 1 aromatic carbocycles. The van der Waals surface area contributed by atoms with Gasteiger partial charge in [-0.05, 0) is 31.4 Å². The first-order valence-corrected chi connectivity index (χ1v) is 13.3. The van der Waals surface area contributed by atoms with E-state index in [1.54, 1.807) is 33.0 Å². The van der Waals surface area contributed by atoms with Crippen LogP contribution in [0.15, 0.2) is 29.4 Å². The van der Waals surface area contributed by atoms with Crippen molar-refractivity contribution in [1.29, 1.82) is 0 Å². The smallest absolute Gasteiger partial charge is 0.213 e. The van der Waals surface area contributed by atoms with Crippen LogP contribution in [0.5, 0.6) is 5.75 Å². The van der Waals surface area contributed by atoms with Crippen LogP contribution in [-0.2, 0) is 16.6 Å². The second-order valence-corrected chi connectivity index (χ2v) is 11.3. The van der Waals surface area contributed by atoms with E-state index in [9.17, 15) is 8.42 Å². The molecule has 0 aliphatic heterocycles. The van der Waals surface area contributed by atoms with Crippen molar-refractivity contribution in [3.8, 4) is 5.75 Å². The van der Waals surface area contributed by atoms with Crippen LogP contribution in [0.2, 0.25) is 0 Å². The molecule has 0 unspecified atom stereocenters. The summed E-state index contributed by atoms with van der Waals surface area (Å²) in [7, 11) is 1.64. The van der Waals surface area contributed by atoms with E-state index >= 15 is 0 Å². The maximum absolute atomic E-state index is 12.0. The molecule has 1 saturated carbocycles. The van der Waals surface area contributed by atoms with Gasteiger partial charge in [-0.15, -0.1) is 10.2 Å². The molecule has 1 aliphatic rings. The second-order valence-electron chi connectivity index (χ2n) is 7.95. The Hall–Kier alpha value is -1.78. The Morgan fingerprint density at radius 1 is 1.23 bits per heavy atom. The molecule has 1 N–H and O–H groups in total. The quantitative estimate of drug-likeness (QED) is 0.397. The standard InChI is InChI=1S/C21H33N5O3S2/c1-25(2)31(27,28)14-8-13-30-21-24-23-20(26(21)18-10-5-4-6-11-18)16-22-17-9-7-12-19(15-17)29-3/h7,9,12,15,18,22H,4-6,8,10-11,13-14,16H2,1-3H3. The topological polar surface area (TPSA) is 89.3 Å². The highest BCUT2D eigenvalue weighted by atomic mass is 32.2. The van der Waals surface area contributed by atoms with Gasteiger partial charge >= 0.3 is 0 Å². The SMILES string of the molecule is COc1cccc(NCc2nnc(SCCCS(=O)(=O)N(C)C)n2C2CCCCC2)c1. The lowest BCUT2D eigenvalue weighted by Crippen LogP contribution is -2.25. The first-order valence-electron chi connectivity index (χ1n) is 10.8. The molecule has 10 heteroatoms. The fraction of sp³-hybridized carbons (Fsp3) is 0.619. The largest absolute Gasteiger partial charge is 0.497 e. The lowest BCUT2D eigenvalue weighted by atomic mass is 9.95. The molecule has 172 valence electrons. The first-order chi connectivity index (χ1) is 14.9. The average Bonchev–Trinajstić information content (AvgIpc) is 3.18. The summed E-state index contributed by atoms with van der Waals surface area (Å²) in [6.07, 6.45) is 6.56. The number of hydrogen-bond acceptors (Lipinski definition) is 7. The van der Waals surface area contributed by atoms with Crippen LogP contribution < -0.4 is 10.1 Å². The maximum atomic E-state index is 12.0. The van der Waals surface area contributed by atoms with Crippen molar-refractivity contribution in [2.45, 2.75) is 56.3 Å². The summed E-state index contributed by atoms with van der Waals surface area (Å²) in [4.78, 5) is 0. The van der Waals surface area contributed by atoms with E-state index < -0.39 is 10.0 Å². The summed E-state index contributed by atoms with van der Waals surface area (Å²) < 4.78 is 32.8. The molecule has 0 atom stereocenters. The highest BCUT2D eigenvalue weighted by Crippen LogP contribution is 2.33. The zero-order valence-corrected chi connectivity index (χ0v) is 20.2. The van der Waals surface area contributed by atoms with Gasteiger partial charge in [-0.1, -0.05) is 37.1 Å². The molecule has 0 radical (unpaired) electrons. The van der Waals surface area contributed by atoms with Crippen LogP contribution in [0.1, 0.15) is 50.4 Å². The molecule has 0 saturated heterocycles. The van der Waals surface area contributed by atoms with E-state index in [0.29, 0.717) is 24.8 Å². The number of nitrogens with one attached hydrogen (secondary N) is 1. The van der Waals surface area contributed by atoms with Gasteiger partial charge < -0.3 is 14.6 Å². The van der Waals surface area contributed by atoms with Gasteiger partial charge in [0.1, 0.15) is 5.75 Å². The highest BCUT2D eigenvalue weighted by molar-refractivity contribution is 7.99. The van der Waals surface area contributed by atoms with Crippen LogP contribution in [0.3, 0.4) is 0 Å². The molecular formula is C21H33N5O3S2. The fourth-order valence-electron chi connectivity index (χ4n) is 3.73. The van der Waals surface area contributed by atoms with Crippen molar-refractivity contribution in [2.24, 2.45) is 0 Å². The van der Waals surface area contributed by atoms with E-state index in [1.165, 1.54) is 23.6 Å². The number of rotatable bonds is 11. The van der Waals surface area contributed by atoms with E-state index in [2.05, 4.69) is 20.1 Å². The number of benzene rings is 1. The normalized spacial score (nSPS) is 15.4. The molecule has 0 spiro atoms. The molecule has 3 rings (SSSR count). The molecule has 1 fully saturated rings. The molecule has 0 amide bonds. The summed E-state index contributed by atoms with van der Waals surface area (Å²) >= 11 is 1.60. The summed E-state index contributed by atoms with van der Waals surface area (Å²) in [5.74, 6) is 2.57. The van der Waals surface area contributed by atoms with Crippen LogP contribution >= 0.6 is 11.8 Å². The summed E-state index contributed by atoms with van der Waals surface area (Å²) in [6, 6.07) is 8.24. The number of nitrogens with zero attached hydrogens (tertiary/aromatic N) is 4. The van der Waals surface area contributed by atoms with Crippen molar-refractivity contribution >= 4 is 27.5 Å². The Kier molecular flexibility index (Phi) is 8.62. The number of anilines is 1. The number of aromatic nitrogens is 3.